The molecule has 0 unspecified atom stereocenters. The SMILES string of the molecule is Brc1ccc(N2CCOCC2)c(CN2CCCC2)c1. The lowest BCUT2D eigenvalue weighted by atomic mass is 10.1. The summed E-state index contributed by atoms with van der Waals surface area (Å²) in [5.41, 5.74) is 2.83. The lowest BCUT2D eigenvalue weighted by molar-refractivity contribution is 0.122. The van der Waals surface area contributed by atoms with Crippen LogP contribution < -0.4 is 4.90 Å². The molecule has 0 aliphatic carbocycles. The summed E-state index contributed by atoms with van der Waals surface area (Å²) in [5, 5.41) is 0. The van der Waals surface area contributed by atoms with E-state index in [1.165, 1.54) is 41.7 Å². The number of morpholine rings is 1. The van der Waals surface area contributed by atoms with Gasteiger partial charge in [-0.05, 0) is 49.7 Å². The first kappa shape index (κ1) is 13.4. The smallest absolute Gasteiger partial charge is 0.0642 e. The van der Waals surface area contributed by atoms with E-state index < -0.39 is 0 Å². The number of nitrogens with zero attached hydrogens (tertiary/aromatic N) is 2. The Morgan fingerprint density at radius 2 is 1.79 bits per heavy atom. The van der Waals surface area contributed by atoms with Crippen molar-refractivity contribution in [1.29, 1.82) is 0 Å². The second-order valence-electron chi connectivity index (χ2n) is 5.36. The fourth-order valence-corrected chi connectivity index (χ4v) is 3.38. The molecule has 1 aromatic rings. The molecule has 0 radical (unpaired) electrons. The predicted molar refractivity (Wildman–Crippen MR) is 81.7 cm³/mol. The molecule has 0 spiro atoms. The van der Waals surface area contributed by atoms with Crippen LogP contribution in [0.1, 0.15) is 18.4 Å². The molecule has 0 saturated carbocycles. The van der Waals surface area contributed by atoms with E-state index in [0.29, 0.717) is 0 Å². The van der Waals surface area contributed by atoms with Crippen molar-refractivity contribution in [2.24, 2.45) is 0 Å². The number of benzene rings is 1. The van der Waals surface area contributed by atoms with Gasteiger partial charge in [-0.1, -0.05) is 15.9 Å². The number of rotatable bonds is 3. The van der Waals surface area contributed by atoms with Crippen LogP contribution in [0.15, 0.2) is 22.7 Å². The Bertz CT molecular complexity index is 426. The monoisotopic (exact) mass is 324 g/mol. The molecule has 1 aromatic carbocycles. The summed E-state index contributed by atoms with van der Waals surface area (Å²) in [6.07, 6.45) is 2.70. The number of anilines is 1. The van der Waals surface area contributed by atoms with E-state index in [2.05, 4.69) is 43.9 Å². The van der Waals surface area contributed by atoms with Gasteiger partial charge < -0.3 is 9.64 Å². The lowest BCUT2D eigenvalue weighted by Gasteiger charge is -2.31. The van der Waals surface area contributed by atoms with Gasteiger partial charge in [0.25, 0.3) is 0 Å². The highest BCUT2D eigenvalue weighted by Gasteiger charge is 2.18. The van der Waals surface area contributed by atoms with E-state index in [-0.39, 0.29) is 0 Å². The minimum Gasteiger partial charge on any atom is -0.378 e. The molecular weight excluding hydrogens is 304 g/mol. The molecule has 2 aliphatic rings. The number of halogens is 1. The lowest BCUT2D eigenvalue weighted by Crippen LogP contribution is -2.37. The quantitative estimate of drug-likeness (QED) is 0.850. The highest BCUT2D eigenvalue weighted by Crippen LogP contribution is 2.27. The third-order valence-corrected chi connectivity index (χ3v) is 4.48. The fourth-order valence-electron chi connectivity index (χ4n) is 2.98. The molecule has 19 heavy (non-hydrogen) atoms. The van der Waals surface area contributed by atoms with Crippen LogP contribution in [0.5, 0.6) is 0 Å². The molecule has 0 bridgehead atoms. The first-order valence-electron chi connectivity index (χ1n) is 7.16. The van der Waals surface area contributed by atoms with Gasteiger partial charge >= 0.3 is 0 Å². The van der Waals surface area contributed by atoms with Gasteiger partial charge in [0, 0.05) is 29.8 Å². The zero-order valence-electron chi connectivity index (χ0n) is 11.3. The van der Waals surface area contributed by atoms with Crippen molar-refractivity contribution in [2.45, 2.75) is 19.4 Å². The molecule has 104 valence electrons. The molecule has 0 aromatic heterocycles. The normalized spacial score (nSPS) is 21.0. The second-order valence-corrected chi connectivity index (χ2v) is 6.27. The van der Waals surface area contributed by atoms with Crippen molar-refractivity contribution in [1.82, 2.24) is 4.90 Å². The Morgan fingerprint density at radius 3 is 2.53 bits per heavy atom. The van der Waals surface area contributed by atoms with Gasteiger partial charge in [-0.3, -0.25) is 4.90 Å². The molecule has 2 fully saturated rings. The molecule has 2 heterocycles. The third kappa shape index (κ3) is 3.30. The van der Waals surface area contributed by atoms with Crippen molar-refractivity contribution >= 4 is 21.6 Å². The van der Waals surface area contributed by atoms with Crippen LogP contribution in [0.2, 0.25) is 0 Å². The molecule has 3 rings (SSSR count). The maximum absolute atomic E-state index is 5.46. The Kier molecular flexibility index (Phi) is 4.41. The fraction of sp³-hybridized carbons (Fsp3) is 0.600. The first-order valence-corrected chi connectivity index (χ1v) is 7.96. The Hall–Kier alpha value is -0.580. The van der Waals surface area contributed by atoms with Gasteiger partial charge in [-0.25, -0.2) is 0 Å². The molecular formula is C15H21BrN2O. The molecule has 3 nitrogen and oxygen atoms in total. The Labute approximate surface area is 123 Å². The zero-order chi connectivity index (χ0) is 13.1. The van der Waals surface area contributed by atoms with E-state index in [4.69, 9.17) is 4.74 Å². The second kappa shape index (κ2) is 6.25. The van der Waals surface area contributed by atoms with E-state index >= 15 is 0 Å². The molecule has 0 N–H and O–H groups in total. The topological polar surface area (TPSA) is 15.7 Å². The summed E-state index contributed by atoms with van der Waals surface area (Å²) < 4.78 is 6.64. The van der Waals surface area contributed by atoms with Crippen molar-refractivity contribution < 1.29 is 4.74 Å². The van der Waals surface area contributed by atoms with Crippen molar-refractivity contribution in [3.05, 3.63) is 28.2 Å². The summed E-state index contributed by atoms with van der Waals surface area (Å²) in [7, 11) is 0. The number of hydrogen-bond acceptors (Lipinski definition) is 3. The summed E-state index contributed by atoms with van der Waals surface area (Å²) in [6.45, 7) is 7.28. The van der Waals surface area contributed by atoms with Crippen LogP contribution in [0.25, 0.3) is 0 Å². The van der Waals surface area contributed by atoms with Crippen molar-refractivity contribution in [2.75, 3.05) is 44.3 Å². The van der Waals surface area contributed by atoms with E-state index in [0.717, 1.165) is 32.8 Å². The molecule has 2 saturated heterocycles. The molecule has 2 aliphatic heterocycles. The maximum atomic E-state index is 5.46. The van der Waals surface area contributed by atoms with Gasteiger partial charge in [0.15, 0.2) is 0 Å². The van der Waals surface area contributed by atoms with Gasteiger partial charge in [0.05, 0.1) is 13.2 Å². The summed E-state index contributed by atoms with van der Waals surface area (Å²) >= 11 is 3.61. The van der Waals surface area contributed by atoms with Crippen molar-refractivity contribution in [3.8, 4) is 0 Å². The molecule has 4 heteroatoms. The minimum absolute atomic E-state index is 0.846. The van der Waals surface area contributed by atoms with Crippen LogP contribution in [0, 0.1) is 0 Å². The molecule has 0 atom stereocenters. The zero-order valence-corrected chi connectivity index (χ0v) is 12.9. The summed E-state index contributed by atoms with van der Waals surface area (Å²) in [6, 6.07) is 6.68. The van der Waals surface area contributed by atoms with Crippen LogP contribution in [0.4, 0.5) is 5.69 Å². The van der Waals surface area contributed by atoms with Gasteiger partial charge in [0.1, 0.15) is 0 Å². The van der Waals surface area contributed by atoms with Crippen LogP contribution in [-0.2, 0) is 11.3 Å². The number of likely N-dealkylation sites (tertiary alicyclic amines) is 1. The van der Waals surface area contributed by atoms with Gasteiger partial charge in [-0.15, -0.1) is 0 Å². The van der Waals surface area contributed by atoms with Crippen LogP contribution >= 0.6 is 15.9 Å². The average molecular weight is 325 g/mol. The Balaban J connectivity index is 1.80. The van der Waals surface area contributed by atoms with E-state index in [1.54, 1.807) is 0 Å². The third-order valence-electron chi connectivity index (χ3n) is 3.99. The van der Waals surface area contributed by atoms with Crippen LogP contribution in [-0.4, -0.2) is 44.3 Å². The van der Waals surface area contributed by atoms with Crippen LogP contribution in [0.3, 0.4) is 0 Å². The van der Waals surface area contributed by atoms with E-state index in [9.17, 15) is 0 Å². The minimum atomic E-state index is 0.846. The highest BCUT2D eigenvalue weighted by molar-refractivity contribution is 9.10. The van der Waals surface area contributed by atoms with Crippen molar-refractivity contribution in [3.63, 3.8) is 0 Å². The summed E-state index contributed by atoms with van der Waals surface area (Å²) in [4.78, 5) is 5.02. The largest absolute Gasteiger partial charge is 0.378 e. The summed E-state index contributed by atoms with van der Waals surface area (Å²) in [5.74, 6) is 0. The first-order chi connectivity index (χ1) is 9.33. The van der Waals surface area contributed by atoms with Gasteiger partial charge in [0.2, 0.25) is 0 Å². The maximum Gasteiger partial charge on any atom is 0.0642 e. The van der Waals surface area contributed by atoms with Gasteiger partial charge in [-0.2, -0.15) is 0 Å². The average Bonchev–Trinajstić information content (AvgIpc) is 2.93. The number of ether oxygens (including phenoxy) is 1. The van der Waals surface area contributed by atoms with E-state index in [1.807, 2.05) is 0 Å². The predicted octanol–water partition coefficient (Wildman–Crippen LogP) is 2.88. The highest BCUT2D eigenvalue weighted by atomic mass is 79.9. The Morgan fingerprint density at radius 1 is 1.05 bits per heavy atom. The number of hydrogen-bond donors (Lipinski definition) is 0. The standard InChI is InChI=1S/C15H21BrN2O/c16-14-3-4-15(18-7-9-19-10-8-18)13(11-14)12-17-5-1-2-6-17/h3-4,11H,1-2,5-10,12H2. The molecule has 0 amide bonds.